The van der Waals surface area contributed by atoms with Gasteiger partial charge in [-0.05, 0) is 37.3 Å². The van der Waals surface area contributed by atoms with Crippen LogP contribution in [0.25, 0.3) is 0 Å². The third kappa shape index (κ3) is 4.66. The number of hydrogen-bond acceptors (Lipinski definition) is 4. The monoisotopic (exact) mass is 361 g/mol. The van der Waals surface area contributed by atoms with Crippen LogP contribution in [-0.2, 0) is 9.53 Å². The van der Waals surface area contributed by atoms with E-state index in [4.69, 9.17) is 9.47 Å². The van der Waals surface area contributed by atoms with Gasteiger partial charge in [0.1, 0.15) is 12.3 Å². The van der Waals surface area contributed by atoms with Crippen molar-refractivity contribution in [2.75, 3.05) is 51.4 Å². The zero-order valence-corrected chi connectivity index (χ0v) is 15.3. The van der Waals surface area contributed by atoms with Crippen LogP contribution in [0.1, 0.15) is 19.3 Å². The van der Waals surface area contributed by atoms with Gasteiger partial charge in [-0.15, -0.1) is 0 Å². The molecular weight excluding hydrogens is 334 g/mol. The summed E-state index contributed by atoms with van der Waals surface area (Å²) in [4.78, 5) is 28.0. The minimum absolute atomic E-state index is 0.0808. The molecule has 2 aliphatic rings. The maximum atomic E-state index is 12.5. The van der Waals surface area contributed by atoms with Gasteiger partial charge in [0.05, 0.1) is 7.11 Å². The van der Waals surface area contributed by atoms with Crippen LogP contribution in [-0.4, -0.2) is 63.3 Å². The Morgan fingerprint density at radius 3 is 3.00 bits per heavy atom. The Bertz CT molecular complexity index is 631. The molecule has 2 saturated heterocycles. The molecule has 2 heterocycles. The molecule has 0 unspecified atom stereocenters. The zero-order valence-electron chi connectivity index (χ0n) is 15.3. The van der Waals surface area contributed by atoms with Crippen LogP contribution >= 0.6 is 0 Å². The van der Waals surface area contributed by atoms with E-state index in [1.165, 1.54) is 0 Å². The molecule has 0 bridgehead atoms. The molecule has 0 aliphatic carbocycles. The summed E-state index contributed by atoms with van der Waals surface area (Å²) in [5, 5.41) is 2.93. The SMILES string of the molecule is COc1cccc(N2CCN(C(=O)NCCC[C@H]3CCOC3)CC2=O)c1. The van der Waals surface area contributed by atoms with Crippen LogP contribution in [0.4, 0.5) is 10.5 Å². The van der Waals surface area contributed by atoms with Crippen LogP contribution in [0.5, 0.6) is 5.75 Å². The number of nitrogens with zero attached hydrogens (tertiary/aromatic N) is 2. The van der Waals surface area contributed by atoms with E-state index in [2.05, 4.69) is 5.32 Å². The van der Waals surface area contributed by atoms with Gasteiger partial charge in [0.25, 0.3) is 0 Å². The number of rotatable bonds is 6. The Balaban J connectivity index is 1.43. The van der Waals surface area contributed by atoms with E-state index in [0.29, 0.717) is 31.3 Å². The number of carbonyl (C=O) groups excluding carboxylic acids is 2. The van der Waals surface area contributed by atoms with Gasteiger partial charge in [-0.1, -0.05) is 6.07 Å². The third-order valence-electron chi connectivity index (χ3n) is 4.96. The highest BCUT2D eigenvalue weighted by molar-refractivity contribution is 5.97. The molecule has 2 fully saturated rings. The molecule has 0 radical (unpaired) electrons. The number of amides is 3. The third-order valence-corrected chi connectivity index (χ3v) is 4.96. The summed E-state index contributed by atoms with van der Waals surface area (Å²) in [6, 6.07) is 7.25. The molecule has 0 aromatic heterocycles. The molecule has 1 aromatic carbocycles. The van der Waals surface area contributed by atoms with Crippen LogP contribution in [0.2, 0.25) is 0 Å². The molecule has 7 heteroatoms. The highest BCUT2D eigenvalue weighted by atomic mass is 16.5. The van der Waals surface area contributed by atoms with Crippen LogP contribution in [0.15, 0.2) is 24.3 Å². The minimum atomic E-state index is -0.161. The summed E-state index contributed by atoms with van der Waals surface area (Å²) in [5.41, 5.74) is 0.799. The van der Waals surface area contributed by atoms with Crippen molar-refractivity contribution in [3.05, 3.63) is 24.3 Å². The minimum Gasteiger partial charge on any atom is -0.497 e. The Morgan fingerprint density at radius 2 is 2.27 bits per heavy atom. The van der Waals surface area contributed by atoms with E-state index in [-0.39, 0.29) is 18.5 Å². The summed E-state index contributed by atoms with van der Waals surface area (Å²) in [7, 11) is 1.60. The molecule has 142 valence electrons. The van der Waals surface area contributed by atoms with Crippen molar-refractivity contribution < 1.29 is 19.1 Å². The van der Waals surface area contributed by atoms with Gasteiger partial charge in [0.2, 0.25) is 5.91 Å². The van der Waals surface area contributed by atoms with Gasteiger partial charge in [-0.3, -0.25) is 4.79 Å². The molecule has 0 saturated carbocycles. The highest BCUT2D eigenvalue weighted by Gasteiger charge is 2.28. The molecule has 2 aliphatic heterocycles. The topological polar surface area (TPSA) is 71.1 Å². The Labute approximate surface area is 154 Å². The molecule has 7 nitrogen and oxygen atoms in total. The van der Waals surface area contributed by atoms with Gasteiger partial charge in [0, 0.05) is 44.6 Å². The number of hydrogen-bond donors (Lipinski definition) is 1. The number of nitrogens with one attached hydrogen (secondary N) is 1. The summed E-state index contributed by atoms with van der Waals surface area (Å²) in [6.45, 7) is 3.44. The van der Waals surface area contributed by atoms with E-state index >= 15 is 0 Å². The van der Waals surface area contributed by atoms with E-state index < -0.39 is 0 Å². The fraction of sp³-hybridized carbons (Fsp3) is 0.579. The van der Waals surface area contributed by atoms with Crippen molar-refractivity contribution >= 4 is 17.6 Å². The predicted octanol–water partition coefficient (Wildman–Crippen LogP) is 1.87. The lowest BCUT2D eigenvalue weighted by molar-refractivity contribution is -0.120. The normalized spacial score (nSPS) is 20.3. The van der Waals surface area contributed by atoms with Gasteiger partial charge in [-0.25, -0.2) is 4.79 Å². The Hall–Kier alpha value is -2.28. The maximum absolute atomic E-state index is 12.5. The van der Waals surface area contributed by atoms with Gasteiger partial charge < -0.3 is 24.6 Å². The first-order valence-corrected chi connectivity index (χ1v) is 9.22. The second kappa shape index (κ2) is 8.89. The summed E-state index contributed by atoms with van der Waals surface area (Å²) in [6.07, 6.45) is 3.13. The summed E-state index contributed by atoms with van der Waals surface area (Å²) < 4.78 is 10.6. The van der Waals surface area contributed by atoms with Crippen LogP contribution in [0, 0.1) is 5.92 Å². The second-order valence-electron chi connectivity index (χ2n) is 6.77. The van der Waals surface area contributed by atoms with Crippen molar-refractivity contribution in [2.24, 2.45) is 5.92 Å². The first-order chi connectivity index (χ1) is 12.7. The molecule has 0 spiro atoms. The maximum Gasteiger partial charge on any atom is 0.317 e. The first kappa shape index (κ1) is 18.5. The molecule has 1 aromatic rings. The number of methoxy groups -OCH3 is 1. The van der Waals surface area contributed by atoms with Gasteiger partial charge >= 0.3 is 6.03 Å². The molecule has 1 atom stereocenters. The van der Waals surface area contributed by atoms with Gasteiger partial charge in [0.15, 0.2) is 0 Å². The number of ether oxygens (including phenoxy) is 2. The van der Waals surface area contributed by atoms with Crippen molar-refractivity contribution in [3.8, 4) is 5.75 Å². The zero-order chi connectivity index (χ0) is 18.4. The average Bonchev–Trinajstić information content (AvgIpc) is 3.18. The van der Waals surface area contributed by atoms with Crippen molar-refractivity contribution in [1.29, 1.82) is 0 Å². The standard InChI is InChI=1S/C19H27N3O4/c1-25-17-6-2-5-16(12-17)22-10-9-21(13-18(22)23)19(24)20-8-3-4-15-7-11-26-14-15/h2,5-6,12,15H,3-4,7-11,13-14H2,1H3,(H,20,24)/t15-/m0/s1. The molecule has 3 rings (SSSR count). The molecular formula is C19H27N3O4. The van der Waals surface area contributed by atoms with Gasteiger partial charge in [-0.2, -0.15) is 0 Å². The average molecular weight is 361 g/mol. The Morgan fingerprint density at radius 1 is 1.38 bits per heavy atom. The summed E-state index contributed by atoms with van der Waals surface area (Å²) >= 11 is 0. The second-order valence-corrected chi connectivity index (χ2v) is 6.77. The number of benzene rings is 1. The summed E-state index contributed by atoms with van der Waals surface area (Å²) in [5.74, 6) is 1.26. The van der Waals surface area contributed by atoms with Crippen LogP contribution in [0.3, 0.4) is 0 Å². The Kier molecular flexibility index (Phi) is 6.33. The number of urea groups is 1. The van der Waals surface area contributed by atoms with E-state index in [0.717, 1.165) is 38.2 Å². The van der Waals surface area contributed by atoms with E-state index in [9.17, 15) is 9.59 Å². The largest absolute Gasteiger partial charge is 0.497 e. The van der Waals surface area contributed by atoms with Crippen LogP contribution < -0.4 is 15.0 Å². The quantitative estimate of drug-likeness (QED) is 0.785. The molecule has 1 N–H and O–H groups in total. The fourth-order valence-corrected chi connectivity index (χ4v) is 3.41. The van der Waals surface area contributed by atoms with E-state index in [1.807, 2.05) is 24.3 Å². The highest BCUT2D eigenvalue weighted by Crippen LogP contribution is 2.22. The van der Waals surface area contributed by atoms with E-state index in [1.54, 1.807) is 16.9 Å². The van der Waals surface area contributed by atoms with Crippen molar-refractivity contribution in [3.63, 3.8) is 0 Å². The lowest BCUT2D eigenvalue weighted by Gasteiger charge is -2.34. The predicted molar refractivity (Wildman–Crippen MR) is 98.5 cm³/mol. The lowest BCUT2D eigenvalue weighted by Crippen LogP contribution is -2.55. The van der Waals surface area contributed by atoms with Crippen molar-refractivity contribution in [1.82, 2.24) is 10.2 Å². The molecule has 26 heavy (non-hydrogen) atoms. The number of anilines is 1. The number of piperazine rings is 1. The lowest BCUT2D eigenvalue weighted by atomic mass is 10.0. The first-order valence-electron chi connectivity index (χ1n) is 9.22. The molecule has 3 amide bonds. The fourth-order valence-electron chi connectivity index (χ4n) is 3.41. The van der Waals surface area contributed by atoms with Crippen molar-refractivity contribution in [2.45, 2.75) is 19.3 Å². The smallest absolute Gasteiger partial charge is 0.317 e. The number of carbonyl (C=O) groups is 2.